The second-order valence-electron chi connectivity index (χ2n) is 5.68. The van der Waals surface area contributed by atoms with Crippen molar-refractivity contribution in [3.05, 3.63) is 60.5 Å². The summed E-state index contributed by atoms with van der Waals surface area (Å²) in [5, 5.41) is 7.99. The Bertz CT molecular complexity index is 1030. The average molecular weight is 397 g/mol. The van der Waals surface area contributed by atoms with Crippen molar-refractivity contribution >= 4 is 39.3 Å². The summed E-state index contributed by atoms with van der Waals surface area (Å²) in [4.78, 5) is 16.6. The summed E-state index contributed by atoms with van der Waals surface area (Å²) in [6.07, 6.45) is -0.613. The summed E-state index contributed by atoms with van der Waals surface area (Å²) in [5.74, 6) is 0.486. The molecule has 1 unspecified atom stereocenters. The molecule has 0 fully saturated rings. The van der Waals surface area contributed by atoms with Gasteiger partial charge in [-0.1, -0.05) is 42.1 Å². The minimum atomic E-state index is -0.613. The van der Waals surface area contributed by atoms with Crippen molar-refractivity contribution in [2.75, 3.05) is 5.75 Å². The Hall–Kier alpha value is -2.71. The third-order valence-corrected chi connectivity index (χ3v) is 5.86. The predicted molar refractivity (Wildman–Crippen MR) is 105 cm³/mol. The Labute approximate surface area is 163 Å². The number of carbonyl (C=O) groups excluding carboxylic acids is 1. The third-order valence-electron chi connectivity index (χ3n) is 3.71. The van der Waals surface area contributed by atoms with Gasteiger partial charge in [0.15, 0.2) is 10.4 Å². The van der Waals surface area contributed by atoms with Gasteiger partial charge < -0.3 is 9.15 Å². The van der Waals surface area contributed by atoms with Crippen LogP contribution in [0.5, 0.6) is 0 Å². The van der Waals surface area contributed by atoms with E-state index in [1.165, 1.54) is 11.8 Å². The normalized spacial score (nSPS) is 12.2. The Balaban J connectivity index is 1.34. The maximum absolute atomic E-state index is 12.1. The van der Waals surface area contributed by atoms with E-state index in [2.05, 4.69) is 15.2 Å². The standard InChI is InChI=1S/C19H15N3O3S2/c1-12(17-21-22-18(25-17)13-7-3-2-4-8-13)24-16(23)11-26-19-20-14-9-5-6-10-15(14)27-19/h2-10,12H,11H2,1H3. The van der Waals surface area contributed by atoms with Gasteiger partial charge in [0.25, 0.3) is 5.89 Å². The van der Waals surface area contributed by atoms with Crippen LogP contribution in [-0.2, 0) is 9.53 Å². The number of rotatable bonds is 6. The van der Waals surface area contributed by atoms with E-state index in [9.17, 15) is 4.79 Å². The van der Waals surface area contributed by atoms with Gasteiger partial charge >= 0.3 is 5.97 Å². The van der Waals surface area contributed by atoms with Crippen LogP contribution in [0.2, 0.25) is 0 Å². The zero-order chi connectivity index (χ0) is 18.6. The van der Waals surface area contributed by atoms with E-state index in [4.69, 9.17) is 9.15 Å². The van der Waals surface area contributed by atoms with Crippen LogP contribution in [0.3, 0.4) is 0 Å². The monoisotopic (exact) mass is 397 g/mol. The number of nitrogens with zero attached hydrogens (tertiary/aromatic N) is 3. The molecule has 4 aromatic rings. The molecule has 8 heteroatoms. The van der Waals surface area contributed by atoms with Gasteiger partial charge in [-0.3, -0.25) is 4.79 Å². The topological polar surface area (TPSA) is 78.1 Å². The number of para-hydroxylation sites is 1. The Kier molecular flexibility index (Phi) is 5.17. The fourth-order valence-electron chi connectivity index (χ4n) is 2.41. The van der Waals surface area contributed by atoms with Gasteiger partial charge in [0.1, 0.15) is 0 Å². The molecule has 0 aliphatic rings. The highest BCUT2D eigenvalue weighted by Gasteiger charge is 2.19. The van der Waals surface area contributed by atoms with E-state index < -0.39 is 6.10 Å². The molecule has 0 radical (unpaired) electrons. The van der Waals surface area contributed by atoms with Gasteiger partial charge in [-0.15, -0.1) is 21.5 Å². The maximum atomic E-state index is 12.1. The maximum Gasteiger partial charge on any atom is 0.317 e. The zero-order valence-corrected chi connectivity index (χ0v) is 16.0. The fourth-order valence-corrected chi connectivity index (χ4v) is 4.26. The van der Waals surface area contributed by atoms with E-state index in [0.717, 1.165) is 20.1 Å². The van der Waals surface area contributed by atoms with Gasteiger partial charge in [0, 0.05) is 5.56 Å². The highest BCUT2D eigenvalue weighted by Crippen LogP contribution is 2.30. The van der Waals surface area contributed by atoms with Crippen LogP contribution in [-0.4, -0.2) is 26.9 Å². The molecular formula is C19H15N3O3S2. The number of hydrogen-bond acceptors (Lipinski definition) is 8. The van der Waals surface area contributed by atoms with Crippen molar-refractivity contribution in [1.29, 1.82) is 0 Å². The van der Waals surface area contributed by atoms with Crippen molar-refractivity contribution in [3.8, 4) is 11.5 Å². The van der Waals surface area contributed by atoms with Crippen molar-refractivity contribution in [2.24, 2.45) is 0 Å². The first-order chi connectivity index (χ1) is 13.2. The van der Waals surface area contributed by atoms with Gasteiger partial charge in [-0.25, -0.2) is 4.98 Å². The van der Waals surface area contributed by atoms with Crippen molar-refractivity contribution < 1.29 is 13.9 Å². The molecule has 1 atom stereocenters. The van der Waals surface area contributed by atoms with E-state index in [1.807, 2.05) is 54.6 Å². The molecule has 27 heavy (non-hydrogen) atoms. The number of thiazole rings is 1. The number of benzene rings is 2. The number of aromatic nitrogens is 3. The van der Waals surface area contributed by atoms with Gasteiger partial charge in [-0.05, 0) is 31.2 Å². The lowest BCUT2D eigenvalue weighted by atomic mass is 10.2. The first-order valence-corrected chi connectivity index (χ1v) is 10.1. The van der Waals surface area contributed by atoms with E-state index >= 15 is 0 Å². The summed E-state index contributed by atoms with van der Waals surface area (Å²) < 4.78 is 13.0. The van der Waals surface area contributed by atoms with E-state index in [0.29, 0.717) is 5.89 Å². The number of ether oxygens (including phenoxy) is 1. The molecule has 0 saturated carbocycles. The molecule has 0 amide bonds. The molecule has 4 rings (SSSR count). The van der Waals surface area contributed by atoms with Crippen LogP contribution < -0.4 is 0 Å². The third kappa shape index (κ3) is 4.17. The highest BCUT2D eigenvalue weighted by molar-refractivity contribution is 8.01. The first-order valence-electron chi connectivity index (χ1n) is 8.26. The lowest BCUT2D eigenvalue weighted by Gasteiger charge is -2.08. The van der Waals surface area contributed by atoms with Crippen molar-refractivity contribution in [2.45, 2.75) is 17.4 Å². The van der Waals surface area contributed by atoms with Gasteiger partial charge in [0.2, 0.25) is 5.89 Å². The molecule has 0 N–H and O–H groups in total. The minimum absolute atomic E-state index is 0.170. The number of thioether (sulfide) groups is 1. The minimum Gasteiger partial charge on any atom is -0.452 e. The molecule has 0 bridgehead atoms. The molecule has 2 heterocycles. The van der Waals surface area contributed by atoms with Crippen LogP contribution in [0.4, 0.5) is 0 Å². The molecule has 0 aliphatic heterocycles. The van der Waals surface area contributed by atoms with E-state index in [1.54, 1.807) is 18.3 Å². The predicted octanol–water partition coefficient (Wildman–Crippen LogP) is 4.74. The lowest BCUT2D eigenvalue weighted by Crippen LogP contribution is -2.11. The Morgan fingerprint density at radius 1 is 1.15 bits per heavy atom. The second-order valence-corrected chi connectivity index (χ2v) is 7.93. The summed E-state index contributed by atoms with van der Waals surface area (Å²) in [6.45, 7) is 1.71. The van der Waals surface area contributed by atoms with Crippen LogP contribution in [0.1, 0.15) is 18.9 Å². The summed E-state index contributed by atoms with van der Waals surface area (Å²) in [7, 11) is 0. The molecule has 0 saturated heterocycles. The summed E-state index contributed by atoms with van der Waals surface area (Å²) >= 11 is 2.92. The Morgan fingerprint density at radius 3 is 2.74 bits per heavy atom. The van der Waals surface area contributed by atoms with Crippen LogP contribution in [0.25, 0.3) is 21.7 Å². The second kappa shape index (κ2) is 7.89. The van der Waals surface area contributed by atoms with Crippen molar-refractivity contribution in [3.63, 3.8) is 0 Å². The lowest BCUT2D eigenvalue weighted by molar-refractivity contribution is -0.146. The van der Waals surface area contributed by atoms with E-state index in [-0.39, 0.29) is 17.6 Å². The summed E-state index contributed by atoms with van der Waals surface area (Å²) in [5.41, 5.74) is 1.76. The SMILES string of the molecule is CC(OC(=O)CSc1nc2ccccc2s1)c1nnc(-c2ccccc2)o1. The largest absolute Gasteiger partial charge is 0.452 e. The average Bonchev–Trinajstić information content (AvgIpc) is 3.34. The van der Waals surface area contributed by atoms with Crippen LogP contribution in [0, 0.1) is 0 Å². The molecule has 2 aromatic carbocycles. The van der Waals surface area contributed by atoms with Gasteiger partial charge in [0.05, 0.1) is 16.0 Å². The molecule has 0 aliphatic carbocycles. The molecule has 2 aromatic heterocycles. The smallest absolute Gasteiger partial charge is 0.317 e. The number of esters is 1. The fraction of sp³-hybridized carbons (Fsp3) is 0.158. The zero-order valence-electron chi connectivity index (χ0n) is 14.4. The number of hydrogen-bond donors (Lipinski definition) is 0. The molecule has 136 valence electrons. The quantitative estimate of drug-likeness (QED) is 0.343. The molecule has 0 spiro atoms. The number of fused-ring (bicyclic) bond motifs is 1. The molecule has 6 nitrogen and oxygen atoms in total. The number of carbonyl (C=O) groups is 1. The highest BCUT2D eigenvalue weighted by atomic mass is 32.2. The van der Waals surface area contributed by atoms with Crippen molar-refractivity contribution in [1.82, 2.24) is 15.2 Å². The van der Waals surface area contributed by atoms with Crippen LogP contribution >= 0.6 is 23.1 Å². The van der Waals surface area contributed by atoms with Crippen LogP contribution in [0.15, 0.2) is 63.4 Å². The van der Waals surface area contributed by atoms with Gasteiger partial charge in [-0.2, -0.15) is 0 Å². The summed E-state index contributed by atoms with van der Waals surface area (Å²) in [6, 6.07) is 17.3. The first kappa shape index (κ1) is 17.7. The Morgan fingerprint density at radius 2 is 1.93 bits per heavy atom. The molecular weight excluding hydrogens is 382 g/mol.